The van der Waals surface area contributed by atoms with Gasteiger partial charge in [-0.2, -0.15) is 0 Å². The van der Waals surface area contributed by atoms with Crippen LogP contribution in [0.1, 0.15) is 56.1 Å². The number of ether oxygens (including phenoxy) is 1. The predicted molar refractivity (Wildman–Crippen MR) is 105 cm³/mol. The number of fused-ring (bicyclic) bond motifs is 3. The summed E-state index contributed by atoms with van der Waals surface area (Å²) in [6.45, 7) is 6.04. The Morgan fingerprint density at radius 3 is 2.52 bits per heavy atom. The molecule has 2 unspecified atom stereocenters. The van der Waals surface area contributed by atoms with Crippen molar-refractivity contribution in [3.8, 4) is 16.9 Å². The van der Waals surface area contributed by atoms with Crippen LogP contribution in [0.15, 0.2) is 24.3 Å². The average Bonchev–Trinajstić information content (AvgIpc) is 3.01. The van der Waals surface area contributed by atoms with Crippen molar-refractivity contribution in [2.24, 2.45) is 0 Å². The lowest BCUT2D eigenvalue weighted by Crippen LogP contribution is -2.37. The molecule has 27 heavy (non-hydrogen) atoms. The molecule has 1 N–H and O–H groups in total. The van der Waals surface area contributed by atoms with E-state index in [0.29, 0.717) is 11.5 Å². The number of benzene rings is 2. The van der Waals surface area contributed by atoms with Crippen LogP contribution < -0.4 is 10.1 Å². The van der Waals surface area contributed by atoms with E-state index >= 15 is 0 Å². The highest BCUT2D eigenvalue weighted by molar-refractivity contribution is 6.30. The van der Waals surface area contributed by atoms with Gasteiger partial charge in [0.1, 0.15) is 23.5 Å². The van der Waals surface area contributed by atoms with E-state index in [1.54, 1.807) is 0 Å². The van der Waals surface area contributed by atoms with Gasteiger partial charge in [-0.3, -0.25) is 0 Å². The van der Waals surface area contributed by atoms with Gasteiger partial charge in [0, 0.05) is 23.0 Å². The summed E-state index contributed by atoms with van der Waals surface area (Å²) in [6.07, 6.45) is 2.99. The molecule has 0 spiro atoms. The van der Waals surface area contributed by atoms with E-state index in [1.165, 1.54) is 12.1 Å². The van der Waals surface area contributed by atoms with Gasteiger partial charge in [0.15, 0.2) is 0 Å². The number of halogens is 3. The molecule has 2 heterocycles. The smallest absolute Gasteiger partial charge is 0.135 e. The molecule has 2 aliphatic rings. The standard InChI is InChI=1S/C22H24ClF2NO/c1-3-12(4-2)15-7-13(21-18(24)9-14(23)10-19(21)25)8-16-17-11-26-6-5-20(17)27-22(15)16/h7-10,12,17,20,26H,3-6,11H2,1-2H3. The lowest BCUT2D eigenvalue weighted by atomic mass is 9.84. The van der Waals surface area contributed by atoms with E-state index in [4.69, 9.17) is 16.3 Å². The summed E-state index contributed by atoms with van der Waals surface area (Å²) in [6, 6.07) is 6.17. The second-order valence-electron chi connectivity index (χ2n) is 7.50. The first-order chi connectivity index (χ1) is 13.0. The van der Waals surface area contributed by atoms with Gasteiger partial charge in [-0.15, -0.1) is 0 Å². The molecule has 0 bridgehead atoms. The molecule has 2 aromatic rings. The van der Waals surface area contributed by atoms with E-state index in [-0.39, 0.29) is 22.6 Å². The molecule has 0 radical (unpaired) electrons. The second-order valence-corrected chi connectivity index (χ2v) is 7.93. The van der Waals surface area contributed by atoms with Crippen molar-refractivity contribution in [2.75, 3.05) is 13.1 Å². The number of piperidine rings is 1. The highest BCUT2D eigenvalue weighted by Gasteiger charge is 2.38. The summed E-state index contributed by atoms with van der Waals surface area (Å²) in [5.74, 6) is 0.187. The minimum atomic E-state index is -0.632. The Balaban J connectivity index is 1.91. The first kappa shape index (κ1) is 18.7. The molecule has 144 valence electrons. The second kappa shape index (κ2) is 7.40. The molecule has 2 aromatic carbocycles. The van der Waals surface area contributed by atoms with Gasteiger partial charge in [0.25, 0.3) is 0 Å². The fourth-order valence-electron chi connectivity index (χ4n) is 4.52. The zero-order chi connectivity index (χ0) is 19.1. The predicted octanol–water partition coefficient (Wildman–Crippen LogP) is 6.03. The summed E-state index contributed by atoms with van der Waals surface area (Å²) in [4.78, 5) is 0. The fourth-order valence-corrected chi connectivity index (χ4v) is 4.71. The molecule has 0 saturated carbocycles. The van der Waals surface area contributed by atoms with E-state index < -0.39 is 11.6 Å². The van der Waals surface area contributed by atoms with Gasteiger partial charge in [-0.05, 0) is 67.1 Å². The molecule has 2 aliphatic heterocycles. The summed E-state index contributed by atoms with van der Waals surface area (Å²) < 4.78 is 35.6. The summed E-state index contributed by atoms with van der Waals surface area (Å²) >= 11 is 5.81. The van der Waals surface area contributed by atoms with E-state index in [1.807, 2.05) is 12.1 Å². The van der Waals surface area contributed by atoms with Crippen LogP contribution in [0.4, 0.5) is 8.78 Å². The van der Waals surface area contributed by atoms with Gasteiger partial charge in [-0.25, -0.2) is 8.78 Å². The first-order valence-electron chi connectivity index (χ1n) is 9.73. The molecule has 4 rings (SSSR count). The molecule has 2 nitrogen and oxygen atoms in total. The Morgan fingerprint density at radius 2 is 1.85 bits per heavy atom. The Morgan fingerprint density at radius 1 is 1.15 bits per heavy atom. The highest BCUT2D eigenvalue weighted by Crippen LogP contribution is 2.48. The van der Waals surface area contributed by atoms with Crippen molar-refractivity contribution in [2.45, 2.75) is 51.0 Å². The molecule has 0 amide bonds. The maximum Gasteiger partial charge on any atom is 0.135 e. The average molecular weight is 392 g/mol. The molecule has 5 heteroatoms. The van der Waals surface area contributed by atoms with Crippen molar-refractivity contribution in [3.05, 3.63) is 52.0 Å². The normalized spacial score (nSPS) is 21.1. The third-order valence-corrected chi connectivity index (χ3v) is 6.17. The maximum atomic E-state index is 14.6. The zero-order valence-electron chi connectivity index (χ0n) is 15.6. The van der Waals surface area contributed by atoms with E-state index in [2.05, 4.69) is 19.2 Å². The third kappa shape index (κ3) is 3.23. The summed E-state index contributed by atoms with van der Waals surface area (Å²) in [5, 5.41) is 3.48. The van der Waals surface area contributed by atoms with Gasteiger partial charge in [0.05, 0.1) is 5.56 Å². The number of nitrogens with one attached hydrogen (secondary N) is 1. The monoisotopic (exact) mass is 391 g/mol. The molecule has 1 fully saturated rings. The molecular weight excluding hydrogens is 368 g/mol. The van der Waals surface area contributed by atoms with Crippen molar-refractivity contribution in [3.63, 3.8) is 0 Å². The van der Waals surface area contributed by atoms with Gasteiger partial charge in [-0.1, -0.05) is 25.4 Å². The van der Waals surface area contributed by atoms with Crippen LogP contribution >= 0.6 is 11.6 Å². The van der Waals surface area contributed by atoms with Crippen LogP contribution in [0.25, 0.3) is 11.1 Å². The van der Waals surface area contributed by atoms with Crippen molar-refractivity contribution >= 4 is 11.6 Å². The number of hydrogen-bond acceptors (Lipinski definition) is 2. The molecule has 1 saturated heterocycles. The SMILES string of the molecule is CCC(CC)c1cc(-c2c(F)cc(Cl)cc2F)cc2c1OC1CCNCC21. The van der Waals surface area contributed by atoms with Crippen LogP contribution in [-0.2, 0) is 0 Å². The highest BCUT2D eigenvalue weighted by atomic mass is 35.5. The zero-order valence-corrected chi connectivity index (χ0v) is 16.4. The van der Waals surface area contributed by atoms with Gasteiger partial charge in [0.2, 0.25) is 0 Å². The lowest BCUT2D eigenvalue weighted by Gasteiger charge is -2.25. The molecule has 2 atom stereocenters. The Bertz CT molecular complexity index is 843. The van der Waals surface area contributed by atoms with Crippen molar-refractivity contribution in [1.29, 1.82) is 0 Å². The number of rotatable bonds is 4. The van der Waals surface area contributed by atoms with Crippen LogP contribution in [-0.4, -0.2) is 19.2 Å². The maximum absolute atomic E-state index is 14.6. The molecule has 0 aliphatic carbocycles. The first-order valence-corrected chi connectivity index (χ1v) is 10.1. The van der Waals surface area contributed by atoms with Crippen molar-refractivity contribution in [1.82, 2.24) is 5.32 Å². The summed E-state index contributed by atoms with van der Waals surface area (Å²) in [5.41, 5.74) is 2.69. The quantitative estimate of drug-likeness (QED) is 0.687. The third-order valence-electron chi connectivity index (χ3n) is 5.95. The van der Waals surface area contributed by atoms with Crippen LogP contribution in [0, 0.1) is 11.6 Å². The minimum absolute atomic E-state index is 0.0124. The minimum Gasteiger partial charge on any atom is -0.489 e. The van der Waals surface area contributed by atoms with E-state index in [9.17, 15) is 8.78 Å². The van der Waals surface area contributed by atoms with E-state index in [0.717, 1.165) is 49.2 Å². The summed E-state index contributed by atoms with van der Waals surface area (Å²) in [7, 11) is 0. The number of hydrogen-bond donors (Lipinski definition) is 1. The Labute approximate surface area is 163 Å². The largest absolute Gasteiger partial charge is 0.489 e. The topological polar surface area (TPSA) is 21.3 Å². The lowest BCUT2D eigenvalue weighted by molar-refractivity contribution is 0.170. The Kier molecular flexibility index (Phi) is 5.13. The molecule has 0 aromatic heterocycles. The fraction of sp³-hybridized carbons (Fsp3) is 0.455. The molecular formula is C22H24ClF2NO. The Hall–Kier alpha value is -1.65. The van der Waals surface area contributed by atoms with Crippen LogP contribution in [0.5, 0.6) is 5.75 Å². The van der Waals surface area contributed by atoms with Gasteiger partial charge < -0.3 is 10.1 Å². The van der Waals surface area contributed by atoms with Crippen molar-refractivity contribution < 1.29 is 13.5 Å². The van der Waals surface area contributed by atoms with Crippen LogP contribution in [0.2, 0.25) is 5.02 Å². The van der Waals surface area contributed by atoms with Gasteiger partial charge >= 0.3 is 0 Å². The van der Waals surface area contributed by atoms with Crippen LogP contribution in [0.3, 0.4) is 0 Å².